The number of nitrogens with one attached hydrogen (secondary N) is 1. The number of benzene rings is 1. The molecule has 1 aromatic carbocycles. The van der Waals surface area contributed by atoms with Crippen molar-refractivity contribution in [1.29, 1.82) is 5.26 Å². The molecule has 0 aliphatic heterocycles. The van der Waals surface area contributed by atoms with Gasteiger partial charge in [-0.2, -0.15) is 10.4 Å². The van der Waals surface area contributed by atoms with Gasteiger partial charge in [-0.3, -0.25) is 9.48 Å². The first-order valence-electron chi connectivity index (χ1n) is 6.22. The lowest BCUT2D eigenvalue weighted by atomic mass is 10.3. The zero-order valence-corrected chi connectivity index (χ0v) is 12.0. The number of carbonyl (C=O) groups is 1. The molecule has 1 unspecified atom stereocenters. The summed E-state index contributed by atoms with van der Waals surface area (Å²) in [5.41, 5.74) is 0. The number of rotatable bonds is 5. The van der Waals surface area contributed by atoms with Crippen molar-refractivity contribution in [3.05, 3.63) is 41.6 Å². The summed E-state index contributed by atoms with van der Waals surface area (Å²) in [5, 5.41) is 15.6. The van der Waals surface area contributed by atoms with E-state index in [2.05, 4.69) is 10.4 Å². The Hall–Kier alpha value is -2.52. The van der Waals surface area contributed by atoms with Crippen molar-refractivity contribution < 1.29 is 9.53 Å². The predicted molar refractivity (Wildman–Crippen MR) is 78.0 cm³/mol. The maximum atomic E-state index is 12.0. The van der Waals surface area contributed by atoms with E-state index in [1.165, 1.54) is 4.68 Å². The number of halogens is 1. The topological polar surface area (TPSA) is 79.9 Å². The van der Waals surface area contributed by atoms with Gasteiger partial charge < -0.3 is 10.1 Å². The Labute approximate surface area is 126 Å². The Balaban J connectivity index is 1.96. The number of amides is 1. The van der Waals surface area contributed by atoms with Crippen LogP contribution >= 0.6 is 11.6 Å². The van der Waals surface area contributed by atoms with Gasteiger partial charge >= 0.3 is 0 Å². The Morgan fingerprint density at radius 3 is 3.00 bits per heavy atom. The Bertz CT molecular complexity index is 678. The maximum Gasteiger partial charge on any atom is 0.266 e. The van der Waals surface area contributed by atoms with Crippen molar-refractivity contribution >= 4 is 23.3 Å². The summed E-state index contributed by atoms with van der Waals surface area (Å²) in [7, 11) is 0. The normalized spacial score (nSPS) is 11.5. The van der Waals surface area contributed by atoms with E-state index in [0.717, 1.165) is 0 Å². The lowest BCUT2D eigenvalue weighted by Crippen LogP contribution is -2.30. The number of ether oxygens (including phenoxy) is 1. The average Bonchev–Trinajstić information content (AvgIpc) is 2.89. The van der Waals surface area contributed by atoms with E-state index in [0.29, 0.717) is 16.6 Å². The Kier molecular flexibility index (Phi) is 4.80. The molecule has 21 heavy (non-hydrogen) atoms. The monoisotopic (exact) mass is 304 g/mol. The highest BCUT2D eigenvalue weighted by atomic mass is 35.5. The molecular formula is C14H13ClN4O2. The number of nitriles is 1. The zero-order valence-electron chi connectivity index (χ0n) is 11.3. The third-order valence-electron chi connectivity index (χ3n) is 2.63. The summed E-state index contributed by atoms with van der Waals surface area (Å²) >= 11 is 5.97. The highest BCUT2D eigenvalue weighted by molar-refractivity contribution is 6.32. The lowest BCUT2D eigenvalue weighted by Gasteiger charge is -2.14. The number of nitrogens with zero attached hydrogens (tertiary/aromatic N) is 3. The molecule has 1 heterocycles. The number of hydrogen-bond acceptors (Lipinski definition) is 4. The molecule has 0 bridgehead atoms. The summed E-state index contributed by atoms with van der Waals surface area (Å²) in [6.07, 6.45) is 0.879. The average molecular weight is 305 g/mol. The standard InChI is InChI=1S/C14H13ClN4O2/c1-10(21-12-5-3-2-4-11(12)15)14(20)17-13-6-8-19(18-13)9-7-16/h2-6,8,10H,9H2,1H3,(H,17,18,20). The summed E-state index contributed by atoms with van der Waals surface area (Å²) < 4.78 is 6.93. The maximum absolute atomic E-state index is 12.0. The van der Waals surface area contributed by atoms with Gasteiger partial charge in [-0.1, -0.05) is 23.7 Å². The highest BCUT2D eigenvalue weighted by Crippen LogP contribution is 2.24. The molecule has 7 heteroatoms. The lowest BCUT2D eigenvalue weighted by molar-refractivity contribution is -0.122. The molecule has 2 rings (SSSR count). The van der Waals surface area contributed by atoms with Gasteiger partial charge in [0.15, 0.2) is 11.9 Å². The molecule has 1 amide bonds. The van der Waals surface area contributed by atoms with E-state index >= 15 is 0 Å². The molecular weight excluding hydrogens is 292 g/mol. The number of hydrogen-bond donors (Lipinski definition) is 1. The van der Waals surface area contributed by atoms with Crippen molar-refractivity contribution in [3.63, 3.8) is 0 Å². The van der Waals surface area contributed by atoms with E-state index in [4.69, 9.17) is 21.6 Å². The van der Waals surface area contributed by atoms with Gasteiger partial charge in [-0.15, -0.1) is 0 Å². The molecule has 108 valence electrons. The van der Waals surface area contributed by atoms with Gasteiger partial charge in [-0.05, 0) is 19.1 Å². The van der Waals surface area contributed by atoms with Gasteiger partial charge in [-0.25, -0.2) is 0 Å². The van der Waals surface area contributed by atoms with Crippen LogP contribution in [0.4, 0.5) is 5.82 Å². The predicted octanol–water partition coefficient (Wildman–Crippen LogP) is 2.47. The first-order chi connectivity index (χ1) is 10.1. The van der Waals surface area contributed by atoms with Crippen LogP contribution in [0.15, 0.2) is 36.5 Å². The molecule has 0 fully saturated rings. The zero-order chi connectivity index (χ0) is 15.2. The van der Waals surface area contributed by atoms with Crippen molar-refractivity contribution in [3.8, 4) is 11.8 Å². The minimum Gasteiger partial charge on any atom is -0.479 e. The molecule has 1 aromatic heterocycles. The summed E-state index contributed by atoms with van der Waals surface area (Å²) in [6.45, 7) is 1.74. The minimum atomic E-state index is -0.731. The summed E-state index contributed by atoms with van der Waals surface area (Å²) in [4.78, 5) is 12.0. The van der Waals surface area contributed by atoms with Crippen LogP contribution in [0.25, 0.3) is 0 Å². The van der Waals surface area contributed by atoms with Crippen molar-refractivity contribution in [2.75, 3.05) is 5.32 Å². The molecule has 1 atom stereocenters. The van der Waals surface area contributed by atoms with Crippen LogP contribution in [0.2, 0.25) is 5.02 Å². The third kappa shape index (κ3) is 3.97. The second-order valence-electron chi connectivity index (χ2n) is 4.24. The fourth-order valence-electron chi connectivity index (χ4n) is 1.60. The minimum absolute atomic E-state index is 0.127. The van der Waals surface area contributed by atoms with E-state index in [9.17, 15) is 4.79 Å². The largest absolute Gasteiger partial charge is 0.479 e. The van der Waals surface area contributed by atoms with Crippen LogP contribution in [-0.2, 0) is 11.3 Å². The molecule has 0 radical (unpaired) electrons. The van der Waals surface area contributed by atoms with Gasteiger partial charge in [0.05, 0.1) is 11.1 Å². The van der Waals surface area contributed by atoms with Crippen molar-refractivity contribution in [2.45, 2.75) is 19.6 Å². The second kappa shape index (κ2) is 6.77. The first kappa shape index (κ1) is 14.9. The molecule has 0 aliphatic carbocycles. The van der Waals surface area contributed by atoms with Gasteiger partial charge in [0.2, 0.25) is 0 Å². The Morgan fingerprint density at radius 1 is 1.52 bits per heavy atom. The molecule has 1 N–H and O–H groups in total. The smallest absolute Gasteiger partial charge is 0.266 e. The number of para-hydroxylation sites is 1. The molecule has 0 aliphatic rings. The van der Waals surface area contributed by atoms with Gasteiger partial charge in [0.25, 0.3) is 5.91 Å². The Morgan fingerprint density at radius 2 is 2.29 bits per heavy atom. The number of anilines is 1. The highest BCUT2D eigenvalue weighted by Gasteiger charge is 2.17. The number of carbonyl (C=O) groups excluding carboxylic acids is 1. The van der Waals surface area contributed by atoms with Gasteiger partial charge in [0.1, 0.15) is 12.3 Å². The fourth-order valence-corrected chi connectivity index (χ4v) is 1.78. The van der Waals surface area contributed by atoms with Crippen LogP contribution in [-0.4, -0.2) is 21.8 Å². The summed E-state index contributed by atoms with van der Waals surface area (Å²) in [5.74, 6) is 0.457. The van der Waals surface area contributed by atoms with E-state index < -0.39 is 6.10 Å². The SMILES string of the molecule is CC(Oc1ccccc1Cl)C(=O)Nc1ccn(CC#N)n1. The quantitative estimate of drug-likeness (QED) is 0.920. The molecule has 6 nitrogen and oxygen atoms in total. The third-order valence-corrected chi connectivity index (χ3v) is 2.95. The van der Waals surface area contributed by atoms with E-state index in [1.54, 1.807) is 43.5 Å². The molecule has 2 aromatic rings. The van der Waals surface area contributed by atoms with Crippen LogP contribution in [0.3, 0.4) is 0 Å². The molecule has 0 spiro atoms. The van der Waals surface area contributed by atoms with Crippen LogP contribution < -0.4 is 10.1 Å². The van der Waals surface area contributed by atoms with Crippen LogP contribution in [0, 0.1) is 11.3 Å². The summed E-state index contributed by atoms with van der Waals surface area (Å²) in [6, 6.07) is 10.5. The van der Waals surface area contributed by atoms with Crippen molar-refractivity contribution in [1.82, 2.24) is 9.78 Å². The van der Waals surface area contributed by atoms with Crippen molar-refractivity contribution in [2.24, 2.45) is 0 Å². The van der Waals surface area contributed by atoms with E-state index in [1.807, 2.05) is 6.07 Å². The van der Waals surface area contributed by atoms with E-state index in [-0.39, 0.29) is 12.5 Å². The second-order valence-corrected chi connectivity index (χ2v) is 4.64. The van der Waals surface area contributed by atoms with Gasteiger partial charge in [0, 0.05) is 12.3 Å². The molecule has 0 saturated carbocycles. The first-order valence-corrected chi connectivity index (χ1v) is 6.60. The van der Waals surface area contributed by atoms with Crippen LogP contribution in [0.5, 0.6) is 5.75 Å². The number of aromatic nitrogens is 2. The molecule has 0 saturated heterocycles. The van der Waals surface area contributed by atoms with Crippen LogP contribution in [0.1, 0.15) is 6.92 Å². The fraction of sp³-hybridized carbons (Fsp3) is 0.214.